The van der Waals surface area contributed by atoms with Gasteiger partial charge in [0, 0.05) is 18.2 Å². The van der Waals surface area contributed by atoms with E-state index in [1.807, 2.05) is 0 Å². The van der Waals surface area contributed by atoms with E-state index in [1.165, 1.54) is 19.4 Å². The number of carbonyl (C=O) groups excluding carboxylic acids is 1. The van der Waals surface area contributed by atoms with Crippen molar-refractivity contribution in [2.45, 2.75) is 25.4 Å². The van der Waals surface area contributed by atoms with Crippen molar-refractivity contribution < 1.29 is 24.2 Å². The number of carbonyl (C=O) groups is 2. The highest BCUT2D eigenvalue weighted by Gasteiger charge is 2.55. The minimum atomic E-state index is -1.26. The van der Waals surface area contributed by atoms with E-state index in [0.717, 1.165) is 5.01 Å². The van der Waals surface area contributed by atoms with Crippen molar-refractivity contribution in [3.8, 4) is 0 Å². The number of hydrogen-bond acceptors (Lipinski definition) is 7. The van der Waals surface area contributed by atoms with Gasteiger partial charge in [-0.25, -0.2) is 14.6 Å². The lowest BCUT2D eigenvalue weighted by atomic mass is 10.3. The van der Waals surface area contributed by atoms with Crippen LogP contribution in [-0.4, -0.2) is 41.4 Å². The zero-order valence-electron chi connectivity index (χ0n) is 10.4. The molecule has 0 atom stereocenters. The standard InChI is InChI=1S/C10H11BN2O5S/c1-5-12-6(4-19-5)7(8(14)15)13-18-10(2-3-10)9(16)17-11/h4H,2-3,11H2,1H3,(H,14,15)/b13-7-. The number of aromatic nitrogens is 1. The second-order valence-corrected chi connectivity index (χ2v) is 5.14. The molecular formula is C10H11BN2O5S. The molecule has 1 aliphatic rings. The van der Waals surface area contributed by atoms with Gasteiger partial charge in [0.25, 0.3) is 0 Å². The van der Waals surface area contributed by atoms with Gasteiger partial charge in [-0.15, -0.1) is 11.3 Å². The Labute approximate surface area is 113 Å². The van der Waals surface area contributed by atoms with Gasteiger partial charge in [0.05, 0.1) is 5.01 Å². The Balaban J connectivity index is 2.19. The number of aliphatic carboxylic acids is 1. The van der Waals surface area contributed by atoms with Gasteiger partial charge in [-0.2, -0.15) is 0 Å². The predicted molar refractivity (Wildman–Crippen MR) is 68.7 cm³/mol. The summed E-state index contributed by atoms with van der Waals surface area (Å²) in [6.45, 7) is 1.76. The third-order valence-corrected chi connectivity index (χ3v) is 3.41. The second-order valence-electron chi connectivity index (χ2n) is 4.07. The van der Waals surface area contributed by atoms with Gasteiger partial charge in [0.2, 0.25) is 11.3 Å². The molecule has 0 saturated heterocycles. The Morgan fingerprint density at radius 1 is 1.58 bits per heavy atom. The van der Waals surface area contributed by atoms with E-state index in [4.69, 9.17) is 9.94 Å². The summed E-state index contributed by atoms with van der Waals surface area (Å²) < 4.78 is 4.59. The molecule has 0 amide bonds. The number of oxime groups is 1. The summed E-state index contributed by atoms with van der Waals surface area (Å²) in [6, 6.07) is 0. The quantitative estimate of drug-likeness (QED) is 0.459. The third-order valence-electron chi connectivity index (χ3n) is 2.64. The minimum absolute atomic E-state index is 0.218. The topological polar surface area (TPSA) is 98.1 Å². The van der Waals surface area contributed by atoms with Gasteiger partial charge in [-0.3, -0.25) is 0 Å². The largest absolute Gasteiger partial charge is 0.540 e. The van der Waals surface area contributed by atoms with Crippen molar-refractivity contribution in [3.63, 3.8) is 0 Å². The maximum atomic E-state index is 11.4. The maximum absolute atomic E-state index is 11.4. The molecule has 0 unspecified atom stereocenters. The average Bonchev–Trinajstić information content (AvgIpc) is 3.05. The van der Waals surface area contributed by atoms with E-state index in [0.29, 0.717) is 12.8 Å². The van der Waals surface area contributed by atoms with Crippen LogP contribution in [0.4, 0.5) is 0 Å². The van der Waals surface area contributed by atoms with E-state index in [-0.39, 0.29) is 11.4 Å². The van der Waals surface area contributed by atoms with Crippen LogP contribution in [0.1, 0.15) is 23.5 Å². The number of nitrogens with zero attached hydrogens (tertiary/aromatic N) is 2. The number of aryl methyl sites for hydroxylation is 1. The first-order chi connectivity index (χ1) is 8.98. The predicted octanol–water partition coefficient (Wildman–Crippen LogP) is -0.119. The maximum Gasteiger partial charge on any atom is 0.360 e. The summed E-state index contributed by atoms with van der Waals surface area (Å²) in [5, 5.41) is 15.0. The Hall–Kier alpha value is -1.90. The second kappa shape index (κ2) is 5.00. The molecule has 0 aromatic carbocycles. The monoisotopic (exact) mass is 282 g/mol. The first-order valence-corrected chi connectivity index (χ1v) is 6.37. The number of hydrogen-bond donors (Lipinski definition) is 1. The fraction of sp³-hybridized carbons (Fsp3) is 0.400. The minimum Gasteiger partial charge on any atom is -0.540 e. The van der Waals surface area contributed by atoms with Gasteiger partial charge in [0.1, 0.15) is 5.69 Å². The van der Waals surface area contributed by atoms with Crippen LogP contribution in [-0.2, 0) is 19.1 Å². The lowest BCUT2D eigenvalue weighted by Crippen LogP contribution is -2.27. The van der Waals surface area contributed by atoms with Gasteiger partial charge < -0.3 is 14.6 Å². The van der Waals surface area contributed by atoms with Crippen LogP contribution in [0.2, 0.25) is 0 Å². The molecule has 1 saturated carbocycles. The molecule has 1 aliphatic carbocycles. The first-order valence-electron chi connectivity index (χ1n) is 5.49. The molecule has 7 nitrogen and oxygen atoms in total. The summed E-state index contributed by atoms with van der Waals surface area (Å²) >= 11 is 1.31. The van der Waals surface area contributed by atoms with E-state index in [9.17, 15) is 9.59 Å². The lowest BCUT2D eigenvalue weighted by Gasteiger charge is -2.11. The molecule has 0 bridgehead atoms. The van der Waals surface area contributed by atoms with Crippen LogP contribution in [0.5, 0.6) is 0 Å². The lowest BCUT2D eigenvalue weighted by molar-refractivity contribution is -0.150. The zero-order valence-corrected chi connectivity index (χ0v) is 11.2. The number of rotatable bonds is 5. The van der Waals surface area contributed by atoms with Crippen LogP contribution in [0.3, 0.4) is 0 Å². The number of carboxylic acid groups (broad SMARTS) is 1. The molecule has 9 heteroatoms. The van der Waals surface area contributed by atoms with Gasteiger partial charge >= 0.3 is 20.0 Å². The highest BCUT2D eigenvalue weighted by Crippen LogP contribution is 2.40. The molecule has 1 fully saturated rings. The van der Waals surface area contributed by atoms with Crippen molar-refractivity contribution in [2.75, 3.05) is 0 Å². The third kappa shape index (κ3) is 2.75. The highest BCUT2D eigenvalue weighted by molar-refractivity contribution is 7.09. The van der Waals surface area contributed by atoms with E-state index < -0.39 is 17.5 Å². The molecule has 0 aliphatic heterocycles. The van der Waals surface area contributed by atoms with E-state index in [1.54, 1.807) is 12.3 Å². The molecule has 0 spiro atoms. The average molecular weight is 282 g/mol. The summed E-state index contributed by atoms with van der Waals surface area (Å²) in [7, 11) is 1.25. The summed E-state index contributed by atoms with van der Waals surface area (Å²) in [5.74, 6) is -1.80. The Morgan fingerprint density at radius 2 is 2.26 bits per heavy atom. The van der Waals surface area contributed by atoms with Crippen LogP contribution in [0.25, 0.3) is 0 Å². The normalized spacial score (nSPS) is 16.8. The molecule has 100 valence electrons. The van der Waals surface area contributed by atoms with Gasteiger partial charge in [0.15, 0.2) is 0 Å². The first kappa shape index (κ1) is 13.5. The van der Waals surface area contributed by atoms with Crippen molar-refractivity contribution in [1.29, 1.82) is 0 Å². The van der Waals surface area contributed by atoms with Crippen LogP contribution in [0.15, 0.2) is 10.5 Å². The molecule has 0 radical (unpaired) electrons. The molecule has 1 aromatic rings. The Kier molecular flexibility index (Phi) is 3.56. The van der Waals surface area contributed by atoms with Crippen molar-refractivity contribution >= 4 is 37.0 Å². The van der Waals surface area contributed by atoms with Crippen molar-refractivity contribution in [2.24, 2.45) is 5.16 Å². The van der Waals surface area contributed by atoms with E-state index in [2.05, 4.69) is 14.8 Å². The SMILES string of the molecule is BOC(=O)C1(O/N=C(\C(=O)O)c2csc(C)n2)CC1. The fourth-order valence-electron chi connectivity index (χ4n) is 1.43. The Bertz CT molecular complexity index is 552. The van der Waals surface area contributed by atoms with Gasteiger partial charge in [-0.05, 0) is 6.92 Å². The molecular weight excluding hydrogens is 271 g/mol. The van der Waals surface area contributed by atoms with Crippen LogP contribution in [0, 0.1) is 6.92 Å². The number of thiazole rings is 1. The molecule has 2 rings (SSSR count). The van der Waals surface area contributed by atoms with Gasteiger partial charge in [-0.1, -0.05) is 5.16 Å². The molecule has 1 N–H and O–H groups in total. The van der Waals surface area contributed by atoms with E-state index >= 15 is 0 Å². The molecule has 1 aromatic heterocycles. The zero-order chi connectivity index (χ0) is 14.0. The van der Waals surface area contributed by atoms with Crippen LogP contribution < -0.4 is 0 Å². The molecule has 19 heavy (non-hydrogen) atoms. The smallest absolute Gasteiger partial charge is 0.360 e. The molecule has 1 heterocycles. The Morgan fingerprint density at radius 3 is 2.68 bits per heavy atom. The summed E-state index contributed by atoms with van der Waals surface area (Å²) in [5.41, 5.74) is -1.23. The summed E-state index contributed by atoms with van der Waals surface area (Å²) in [4.78, 5) is 31.7. The number of carboxylic acids is 1. The van der Waals surface area contributed by atoms with Crippen molar-refractivity contribution in [3.05, 3.63) is 16.1 Å². The van der Waals surface area contributed by atoms with Crippen LogP contribution >= 0.6 is 11.3 Å². The summed E-state index contributed by atoms with van der Waals surface area (Å²) in [6.07, 6.45) is 0.929. The van der Waals surface area contributed by atoms with Crippen molar-refractivity contribution in [1.82, 2.24) is 4.98 Å². The fourth-order valence-corrected chi connectivity index (χ4v) is 2.03. The highest BCUT2D eigenvalue weighted by atomic mass is 32.1.